The molecule has 0 fully saturated rings. The van der Waals surface area contributed by atoms with E-state index in [0.717, 1.165) is 36.3 Å². The summed E-state index contributed by atoms with van der Waals surface area (Å²) in [6.07, 6.45) is 7.86. The molecule has 4 rings (SSSR count). The Bertz CT molecular complexity index is 1150. The van der Waals surface area contributed by atoms with Crippen LogP contribution >= 0.6 is 11.3 Å². The summed E-state index contributed by atoms with van der Waals surface area (Å²) < 4.78 is 14.5. The Kier molecular flexibility index (Phi) is 5.89. The monoisotopic (exact) mass is 428 g/mol. The second kappa shape index (κ2) is 8.74. The van der Waals surface area contributed by atoms with Crippen molar-refractivity contribution in [1.29, 1.82) is 0 Å². The molecule has 30 heavy (non-hydrogen) atoms. The second-order valence-corrected chi connectivity index (χ2v) is 8.45. The van der Waals surface area contributed by atoms with Gasteiger partial charge < -0.3 is 0 Å². The van der Waals surface area contributed by atoms with Crippen LogP contribution in [0.25, 0.3) is 10.9 Å². The summed E-state index contributed by atoms with van der Waals surface area (Å²) in [5.41, 5.74) is 5.77. The first-order valence-electron chi connectivity index (χ1n) is 9.87. The van der Waals surface area contributed by atoms with Crippen LogP contribution in [0.5, 0.6) is 0 Å². The van der Waals surface area contributed by atoms with Crippen LogP contribution in [0.4, 0.5) is 4.39 Å². The zero-order chi connectivity index (χ0) is 21.1. The molecule has 9 heteroatoms. The van der Waals surface area contributed by atoms with E-state index in [9.17, 15) is 18.8 Å². The molecule has 0 atom stereocenters. The normalized spacial score (nSPS) is 13.9. The molecule has 1 aliphatic rings. The van der Waals surface area contributed by atoms with Crippen LogP contribution in [0.2, 0.25) is 0 Å². The molecular weight excluding hydrogens is 407 g/mol. The van der Waals surface area contributed by atoms with Crippen molar-refractivity contribution in [2.75, 3.05) is 0 Å². The van der Waals surface area contributed by atoms with Gasteiger partial charge in [0.25, 0.3) is 17.4 Å². The zero-order valence-corrected chi connectivity index (χ0v) is 17.1. The van der Waals surface area contributed by atoms with Gasteiger partial charge in [0.2, 0.25) is 0 Å². The molecule has 2 N–H and O–H groups in total. The highest BCUT2D eigenvalue weighted by Crippen LogP contribution is 2.28. The van der Waals surface area contributed by atoms with Crippen LogP contribution in [0.3, 0.4) is 0 Å². The van der Waals surface area contributed by atoms with E-state index in [4.69, 9.17) is 0 Å². The number of nitrogens with one attached hydrogen (secondary N) is 2. The van der Waals surface area contributed by atoms with Crippen molar-refractivity contribution in [2.24, 2.45) is 0 Å². The third-order valence-corrected chi connectivity index (χ3v) is 6.37. The zero-order valence-electron chi connectivity index (χ0n) is 16.2. The molecule has 2 aromatic heterocycles. The fourth-order valence-electron chi connectivity index (χ4n) is 3.58. The van der Waals surface area contributed by atoms with Crippen LogP contribution < -0.4 is 16.4 Å². The van der Waals surface area contributed by atoms with Gasteiger partial charge in [-0.2, -0.15) is 0 Å². The largest absolute Gasteiger partial charge is 0.289 e. The maximum atomic E-state index is 13.4. The van der Waals surface area contributed by atoms with Gasteiger partial charge in [0, 0.05) is 4.88 Å². The molecule has 0 saturated carbocycles. The number of aromatic nitrogens is 2. The quantitative estimate of drug-likeness (QED) is 0.628. The highest BCUT2D eigenvalue weighted by atomic mass is 32.1. The van der Waals surface area contributed by atoms with Crippen molar-refractivity contribution < 1.29 is 14.0 Å². The molecule has 0 aliphatic heterocycles. The molecule has 0 unspecified atom stereocenters. The molecule has 2 amide bonds. The lowest BCUT2D eigenvalue weighted by molar-refractivity contribution is -0.122. The summed E-state index contributed by atoms with van der Waals surface area (Å²) in [7, 11) is 0. The van der Waals surface area contributed by atoms with E-state index >= 15 is 0 Å². The first-order valence-corrected chi connectivity index (χ1v) is 10.7. The number of hydrazine groups is 1. The third-order valence-electron chi connectivity index (χ3n) is 5.14. The fraction of sp³-hybridized carbons (Fsp3) is 0.333. The first-order chi connectivity index (χ1) is 14.5. The number of fused-ring (bicyclic) bond motifs is 2. The smallest absolute Gasteiger partial charge is 0.279 e. The van der Waals surface area contributed by atoms with Gasteiger partial charge in [-0.25, -0.2) is 9.37 Å². The van der Waals surface area contributed by atoms with Crippen LogP contribution in [-0.4, -0.2) is 21.4 Å². The minimum absolute atomic E-state index is 0.0883. The average molecular weight is 428 g/mol. The number of carbonyl (C=O) groups is 2. The molecule has 0 radical (unpaired) electrons. The number of rotatable bonds is 3. The number of amides is 2. The molecule has 7 nitrogen and oxygen atoms in total. The summed E-state index contributed by atoms with van der Waals surface area (Å²) >= 11 is 1.46. The Morgan fingerprint density at radius 1 is 1.10 bits per heavy atom. The van der Waals surface area contributed by atoms with Crippen molar-refractivity contribution in [3.63, 3.8) is 0 Å². The maximum Gasteiger partial charge on any atom is 0.279 e. The van der Waals surface area contributed by atoms with Gasteiger partial charge in [0.15, 0.2) is 0 Å². The first kappa shape index (κ1) is 20.2. The van der Waals surface area contributed by atoms with E-state index in [-0.39, 0.29) is 17.8 Å². The average Bonchev–Trinajstić information content (AvgIpc) is 3.10. The standard InChI is InChI=1S/C21H21FN4O3S/c22-14-7-8-16-15(10-14)21(29)26(12-23-16)11-19(27)24-25-20(28)18-9-13-5-3-1-2-4-6-17(13)30-18/h7-10,12H,1-6,11H2,(H,24,27)(H,25,28). The van der Waals surface area contributed by atoms with E-state index in [0.29, 0.717) is 10.4 Å². The maximum absolute atomic E-state index is 13.4. The molecule has 2 heterocycles. The van der Waals surface area contributed by atoms with Crippen molar-refractivity contribution in [3.8, 4) is 0 Å². The van der Waals surface area contributed by atoms with Gasteiger partial charge in [-0.15, -0.1) is 11.3 Å². The molecule has 0 saturated heterocycles. The molecule has 0 bridgehead atoms. The number of aryl methyl sites for hydroxylation is 2. The fourth-order valence-corrected chi connectivity index (χ4v) is 4.73. The number of benzene rings is 1. The third kappa shape index (κ3) is 4.40. The Morgan fingerprint density at radius 3 is 2.73 bits per heavy atom. The van der Waals surface area contributed by atoms with Gasteiger partial charge in [-0.3, -0.25) is 29.8 Å². The second-order valence-electron chi connectivity index (χ2n) is 7.31. The summed E-state index contributed by atoms with van der Waals surface area (Å²) in [6.45, 7) is -0.348. The van der Waals surface area contributed by atoms with Crippen LogP contribution in [-0.2, 0) is 24.2 Å². The van der Waals surface area contributed by atoms with Crippen molar-refractivity contribution >= 4 is 34.1 Å². The van der Waals surface area contributed by atoms with Gasteiger partial charge in [-0.1, -0.05) is 12.8 Å². The predicted molar refractivity (Wildman–Crippen MR) is 112 cm³/mol. The SMILES string of the molecule is O=C(Cn1cnc2ccc(F)cc2c1=O)NNC(=O)c1cc2c(s1)CCCCCC2. The van der Waals surface area contributed by atoms with Gasteiger partial charge >= 0.3 is 0 Å². The van der Waals surface area contributed by atoms with E-state index < -0.39 is 17.3 Å². The Hall–Kier alpha value is -3.07. The van der Waals surface area contributed by atoms with Crippen LogP contribution in [0, 0.1) is 5.82 Å². The van der Waals surface area contributed by atoms with E-state index in [1.807, 2.05) is 6.07 Å². The van der Waals surface area contributed by atoms with Crippen molar-refractivity contribution in [2.45, 2.75) is 45.1 Å². The van der Waals surface area contributed by atoms with Crippen molar-refractivity contribution in [1.82, 2.24) is 20.4 Å². The molecule has 0 spiro atoms. The number of halogens is 1. The van der Waals surface area contributed by atoms with E-state index in [2.05, 4.69) is 15.8 Å². The number of carbonyl (C=O) groups excluding carboxylic acids is 2. The summed E-state index contributed by atoms with van der Waals surface area (Å²) in [6, 6.07) is 5.61. The van der Waals surface area contributed by atoms with Crippen LogP contribution in [0.15, 0.2) is 35.4 Å². The number of hydrogen-bond donors (Lipinski definition) is 2. The lowest BCUT2D eigenvalue weighted by atomic mass is 10.00. The predicted octanol–water partition coefficient (Wildman–Crippen LogP) is 2.72. The molecule has 156 valence electrons. The highest BCUT2D eigenvalue weighted by molar-refractivity contribution is 7.14. The summed E-state index contributed by atoms with van der Waals surface area (Å²) in [5, 5.41) is 0.0883. The number of nitrogens with zero attached hydrogens (tertiary/aromatic N) is 2. The van der Waals surface area contributed by atoms with E-state index in [1.54, 1.807) is 0 Å². The lowest BCUT2D eigenvalue weighted by Crippen LogP contribution is -2.44. The summed E-state index contributed by atoms with van der Waals surface area (Å²) in [5.74, 6) is -1.52. The molecule has 1 aliphatic carbocycles. The lowest BCUT2D eigenvalue weighted by Gasteiger charge is -2.08. The minimum atomic E-state index is -0.585. The molecular formula is C21H21FN4O3S. The number of thiophene rings is 1. The Morgan fingerprint density at radius 2 is 1.90 bits per heavy atom. The Labute approximate surface area is 175 Å². The van der Waals surface area contributed by atoms with Crippen molar-refractivity contribution in [3.05, 3.63) is 62.1 Å². The number of hydrogen-bond acceptors (Lipinski definition) is 5. The molecule has 1 aromatic carbocycles. The highest BCUT2D eigenvalue weighted by Gasteiger charge is 2.17. The Balaban J connectivity index is 1.40. The van der Waals surface area contributed by atoms with Gasteiger partial charge in [0.05, 0.1) is 22.1 Å². The molecule has 3 aromatic rings. The van der Waals surface area contributed by atoms with Gasteiger partial charge in [0.1, 0.15) is 12.4 Å². The van der Waals surface area contributed by atoms with E-state index in [1.165, 1.54) is 53.1 Å². The van der Waals surface area contributed by atoms with Crippen LogP contribution in [0.1, 0.15) is 45.8 Å². The minimum Gasteiger partial charge on any atom is -0.289 e. The topological polar surface area (TPSA) is 93.1 Å². The van der Waals surface area contributed by atoms with Gasteiger partial charge in [-0.05, 0) is 55.5 Å². The summed E-state index contributed by atoms with van der Waals surface area (Å²) in [4.78, 5) is 42.9.